The van der Waals surface area contributed by atoms with Crippen LogP contribution in [0.3, 0.4) is 0 Å². The Morgan fingerprint density at radius 3 is 3.00 bits per heavy atom. The molecule has 3 rings (SSSR count). The Morgan fingerprint density at radius 1 is 1.47 bits per heavy atom. The van der Waals surface area contributed by atoms with Gasteiger partial charge in [-0.25, -0.2) is 0 Å². The van der Waals surface area contributed by atoms with Gasteiger partial charge in [0, 0.05) is 12.6 Å². The molecular weight excluding hydrogens is 240 g/mol. The highest BCUT2D eigenvalue weighted by Crippen LogP contribution is 2.31. The maximum atomic E-state index is 12.5. The van der Waals surface area contributed by atoms with E-state index in [4.69, 9.17) is 4.74 Å². The molecular formula is C15H18N2O2. The first-order chi connectivity index (χ1) is 9.29. The molecule has 4 nitrogen and oxygen atoms in total. The SMILES string of the molecule is C=CCN(C(=O)C1CNc2ccccc2O1)C1CC1. The molecule has 1 amide bonds. The zero-order valence-electron chi connectivity index (χ0n) is 10.8. The standard InChI is InChI=1S/C15H18N2O2/c1-2-9-17(11-7-8-11)15(18)14-10-16-12-5-3-4-6-13(12)19-14/h2-6,11,14,16H,1,7-10H2. The number of nitrogens with zero attached hydrogens (tertiary/aromatic N) is 1. The molecule has 1 N–H and O–H groups in total. The van der Waals surface area contributed by atoms with E-state index in [-0.39, 0.29) is 5.91 Å². The predicted octanol–water partition coefficient (Wildman–Crippen LogP) is 2.04. The van der Waals surface area contributed by atoms with Gasteiger partial charge in [0.25, 0.3) is 5.91 Å². The van der Waals surface area contributed by atoms with Crippen molar-refractivity contribution >= 4 is 11.6 Å². The number of carbonyl (C=O) groups excluding carboxylic acids is 1. The fourth-order valence-electron chi connectivity index (χ4n) is 2.38. The summed E-state index contributed by atoms with van der Waals surface area (Å²) in [5.41, 5.74) is 0.952. The molecule has 1 atom stereocenters. The van der Waals surface area contributed by atoms with E-state index in [1.807, 2.05) is 29.2 Å². The van der Waals surface area contributed by atoms with E-state index in [1.54, 1.807) is 6.08 Å². The lowest BCUT2D eigenvalue weighted by atomic mass is 10.2. The highest BCUT2D eigenvalue weighted by atomic mass is 16.5. The van der Waals surface area contributed by atoms with Gasteiger partial charge in [-0.1, -0.05) is 18.2 Å². The van der Waals surface area contributed by atoms with Crippen LogP contribution in [0.2, 0.25) is 0 Å². The van der Waals surface area contributed by atoms with Crippen LogP contribution < -0.4 is 10.1 Å². The molecule has 1 heterocycles. The molecule has 0 aromatic heterocycles. The van der Waals surface area contributed by atoms with Gasteiger partial charge in [0.05, 0.1) is 12.2 Å². The molecule has 0 radical (unpaired) electrons. The average Bonchev–Trinajstić information content (AvgIpc) is 3.28. The van der Waals surface area contributed by atoms with E-state index in [0.29, 0.717) is 19.1 Å². The third kappa shape index (κ3) is 2.43. The topological polar surface area (TPSA) is 41.6 Å². The van der Waals surface area contributed by atoms with Crippen LogP contribution >= 0.6 is 0 Å². The van der Waals surface area contributed by atoms with Crippen molar-refractivity contribution in [1.29, 1.82) is 0 Å². The lowest BCUT2D eigenvalue weighted by Gasteiger charge is -2.31. The summed E-state index contributed by atoms with van der Waals surface area (Å²) in [7, 11) is 0. The molecule has 4 heteroatoms. The summed E-state index contributed by atoms with van der Waals surface area (Å²) in [5, 5.41) is 3.25. The number of nitrogens with one attached hydrogen (secondary N) is 1. The maximum absolute atomic E-state index is 12.5. The van der Waals surface area contributed by atoms with E-state index in [2.05, 4.69) is 11.9 Å². The number of anilines is 1. The Labute approximate surface area is 113 Å². The molecule has 0 bridgehead atoms. The number of amides is 1. The monoisotopic (exact) mass is 258 g/mol. The normalized spacial score (nSPS) is 20.7. The second-order valence-electron chi connectivity index (χ2n) is 4.99. The van der Waals surface area contributed by atoms with E-state index in [1.165, 1.54) is 0 Å². The first-order valence-electron chi connectivity index (χ1n) is 6.70. The van der Waals surface area contributed by atoms with Gasteiger partial charge in [-0.15, -0.1) is 6.58 Å². The minimum absolute atomic E-state index is 0.0596. The molecule has 1 aliphatic heterocycles. The number of fused-ring (bicyclic) bond motifs is 1. The quantitative estimate of drug-likeness (QED) is 0.840. The minimum Gasteiger partial charge on any atom is -0.477 e. The lowest BCUT2D eigenvalue weighted by Crippen LogP contribution is -2.47. The van der Waals surface area contributed by atoms with Crippen molar-refractivity contribution in [2.45, 2.75) is 25.0 Å². The molecule has 1 unspecified atom stereocenters. The Hall–Kier alpha value is -1.97. The summed E-state index contributed by atoms with van der Waals surface area (Å²) in [6.07, 6.45) is 3.53. The fraction of sp³-hybridized carbons (Fsp3) is 0.400. The highest BCUT2D eigenvalue weighted by molar-refractivity contribution is 5.83. The number of benzene rings is 1. The Balaban J connectivity index is 1.73. The number of hydrogen-bond acceptors (Lipinski definition) is 3. The van der Waals surface area contributed by atoms with Gasteiger partial charge < -0.3 is 15.0 Å². The Morgan fingerprint density at radius 2 is 2.26 bits per heavy atom. The zero-order chi connectivity index (χ0) is 13.2. The number of ether oxygens (including phenoxy) is 1. The summed E-state index contributed by atoms with van der Waals surface area (Å²) >= 11 is 0. The summed E-state index contributed by atoms with van der Waals surface area (Å²) < 4.78 is 5.81. The van der Waals surface area contributed by atoms with Gasteiger partial charge in [-0.2, -0.15) is 0 Å². The van der Waals surface area contributed by atoms with Gasteiger partial charge in [-0.3, -0.25) is 4.79 Å². The maximum Gasteiger partial charge on any atom is 0.266 e. The largest absolute Gasteiger partial charge is 0.477 e. The van der Waals surface area contributed by atoms with Crippen molar-refractivity contribution < 1.29 is 9.53 Å². The molecule has 1 aromatic rings. The molecule has 1 aromatic carbocycles. The van der Waals surface area contributed by atoms with Crippen LogP contribution in [0.1, 0.15) is 12.8 Å². The van der Waals surface area contributed by atoms with Crippen LogP contribution in [-0.4, -0.2) is 36.0 Å². The smallest absolute Gasteiger partial charge is 0.266 e. The molecule has 1 aliphatic carbocycles. The fourth-order valence-corrected chi connectivity index (χ4v) is 2.38. The van der Waals surface area contributed by atoms with Gasteiger partial charge >= 0.3 is 0 Å². The van der Waals surface area contributed by atoms with Gasteiger partial charge in [0.1, 0.15) is 5.75 Å². The predicted molar refractivity (Wildman–Crippen MR) is 74.3 cm³/mol. The number of carbonyl (C=O) groups is 1. The zero-order valence-corrected chi connectivity index (χ0v) is 10.8. The van der Waals surface area contributed by atoms with Crippen molar-refractivity contribution in [3.63, 3.8) is 0 Å². The summed E-state index contributed by atoms with van der Waals surface area (Å²) in [6.45, 7) is 4.85. The van der Waals surface area contributed by atoms with Crippen molar-refractivity contribution in [2.24, 2.45) is 0 Å². The third-order valence-corrected chi connectivity index (χ3v) is 3.51. The van der Waals surface area contributed by atoms with Gasteiger partial charge in [-0.05, 0) is 25.0 Å². The summed E-state index contributed by atoms with van der Waals surface area (Å²) in [6, 6.07) is 8.09. The molecule has 19 heavy (non-hydrogen) atoms. The minimum atomic E-state index is -0.435. The van der Waals surface area contributed by atoms with Crippen LogP contribution in [0.5, 0.6) is 5.75 Å². The Bertz CT molecular complexity index is 497. The average molecular weight is 258 g/mol. The van der Waals surface area contributed by atoms with Crippen LogP contribution in [0.4, 0.5) is 5.69 Å². The van der Waals surface area contributed by atoms with Crippen LogP contribution in [-0.2, 0) is 4.79 Å². The number of para-hydroxylation sites is 2. The second-order valence-corrected chi connectivity index (χ2v) is 4.99. The molecule has 1 saturated carbocycles. The first-order valence-corrected chi connectivity index (χ1v) is 6.70. The lowest BCUT2D eigenvalue weighted by molar-refractivity contribution is -0.138. The second kappa shape index (κ2) is 4.96. The number of rotatable bonds is 4. The number of hydrogen-bond donors (Lipinski definition) is 1. The van der Waals surface area contributed by atoms with Crippen LogP contribution in [0.25, 0.3) is 0 Å². The van der Waals surface area contributed by atoms with E-state index in [9.17, 15) is 4.79 Å². The Kier molecular flexibility index (Phi) is 3.15. The summed E-state index contributed by atoms with van der Waals surface area (Å²) in [4.78, 5) is 14.4. The highest BCUT2D eigenvalue weighted by Gasteiger charge is 2.37. The molecule has 2 aliphatic rings. The molecule has 0 spiro atoms. The molecule has 0 saturated heterocycles. The van der Waals surface area contributed by atoms with Crippen LogP contribution in [0, 0.1) is 0 Å². The van der Waals surface area contributed by atoms with E-state index < -0.39 is 6.10 Å². The van der Waals surface area contributed by atoms with Crippen molar-refractivity contribution in [2.75, 3.05) is 18.4 Å². The third-order valence-electron chi connectivity index (χ3n) is 3.51. The van der Waals surface area contributed by atoms with Crippen molar-refractivity contribution in [1.82, 2.24) is 4.90 Å². The van der Waals surface area contributed by atoms with Crippen molar-refractivity contribution in [3.05, 3.63) is 36.9 Å². The van der Waals surface area contributed by atoms with Gasteiger partial charge in [0.2, 0.25) is 0 Å². The molecule has 100 valence electrons. The summed E-state index contributed by atoms with van der Waals surface area (Å²) in [5.74, 6) is 0.811. The molecule has 1 fully saturated rings. The van der Waals surface area contributed by atoms with E-state index >= 15 is 0 Å². The van der Waals surface area contributed by atoms with Crippen molar-refractivity contribution in [3.8, 4) is 5.75 Å². The van der Waals surface area contributed by atoms with E-state index in [0.717, 1.165) is 24.3 Å². The van der Waals surface area contributed by atoms with Gasteiger partial charge in [0.15, 0.2) is 6.10 Å². The first kappa shape index (κ1) is 12.1. The van der Waals surface area contributed by atoms with Crippen LogP contribution in [0.15, 0.2) is 36.9 Å².